The number of rotatable bonds is 5. The van der Waals surface area contributed by atoms with Gasteiger partial charge in [0, 0.05) is 36.0 Å². The van der Waals surface area contributed by atoms with Gasteiger partial charge in [-0.15, -0.1) is 0 Å². The summed E-state index contributed by atoms with van der Waals surface area (Å²) in [6.45, 7) is 6.95. The molecular weight excluding hydrogens is 605 g/mol. The Hall–Kier alpha value is -5.86. The summed E-state index contributed by atoms with van der Waals surface area (Å²) >= 11 is 0. The van der Waals surface area contributed by atoms with E-state index in [0.29, 0.717) is 11.8 Å². The van der Waals surface area contributed by atoms with E-state index in [0.717, 1.165) is 11.3 Å². The zero-order chi connectivity index (χ0) is 33.8. The monoisotopic (exact) mass is 642 g/mol. The lowest BCUT2D eigenvalue weighted by Gasteiger charge is -2.39. The van der Waals surface area contributed by atoms with E-state index in [1.165, 1.54) is 72.3 Å². The average Bonchev–Trinajstić information content (AvgIpc) is 3.17. The van der Waals surface area contributed by atoms with Gasteiger partial charge >= 0.3 is 0 Å². The van der Waals surface area contributed by atoms with Crippen molar-refractivity contribution < 1.29 is 0 Å². The fraction of sp³-hybridized carbons (Fsp3) is 0.125. The molecule has 2 atom stereocenters. The lowest BCUT2D eigenvalue weighted by molar-refractivity contribution is 0.499. The molecule has 240 valence electrons. The summed E-state index contributed by atoms with van der Waals surface area (Å²) in [5.74, 6) is 0.651. The SMILES string of the molecule is CC(C)(C)C1=CC2C=Cc3c(-c4ccc(-c5ccc(-c6ccncc6)cc5)cc4)cc(-c4ccc(-c5ccccn5)cc4)c4c3C2C(=C1)C=C4. The minimum Gasteiger partial charge on any atom is -0.265 e. The van der Waals surface area contributed by atoms with Crippen molar-refractivity contribution in [3.8, 4) is 55.8 Å². The quantitative estimate of drug-likeness (QED) is 0.187. The summed E-state index contributed by atoms with van der Waals surface area (Å²) in [5, 5.41) is 0. The highest BCUT2D eigenvalue weighted by Crippen LogP contribution is 2.53. The van der Waals surface area contributed by atoms with Crippen LogP contribution >= 0.6 is 0 Å². The molecule has 0 bridgehead atoms. The van der Waals surface area contributed by atoms with Gasteiger partial charge in [0.2, 0.25) is 0 Å². The summed E-state index contributed by atoms with van der Waals surface area (Å²) in [4.78, 5) is 8.75. The number of hydrogen-bond donors (Lipinski definition) is 0. The number of nitrogens with zero attached hydrogens (tertiary/aromatic N) is 2. The zero-order valence-electron chi connectivity index (χ0n) is 28.6. The van der Waals surface area contributed by atoms with Crippen LogP contribution in [0.3, 0.4) is 0 Å². The maximum atomic E-state index is 4.59. The van der Waals surface area contributed by atoms with Crippen molar-refractivity contribution >= 4 is 12.2 Å². The third kappa shape index (κ3) is 5.29. The Morgan fingerprint density at radius 2 is 1.10 bits per heavy atom. The molecule has 0 N–H and O–H groups in total. The molecule has 9 rings (SSSR count). The fourth-order valence-corrected chi connectivity index (χ4v) is 7.88. The molecule has 0 spiro atoms. The van der Waals surface area contributed by atoms with Crippen LogP contribution < -0.4 is 0 Å². The van der Waals surface area contributed by atoms with Crippen molar-refractivity contribution in [2.24, 2.45) is 11.3 Å². The molecule has 2 aromatic heterocycles. The molecule has 0 fully saturated rings. The van der Waals surface area contributed by atoms with Crippen molar-refractivity contribution in [3.05, 3.63) is 180 Å². The van der Waals surface area contributed by atoms with E-state index in [1.54, 1.807) is 0 Å². The van der Waals surface area contributed by atoms with Crippen LogP contribution in [0.5, 0.6) is 0 Å². The highest BCUT2D eigenvalue weighted by Gasteiger charge is 2.37. The molecule has 2 heterocycles. The molecule has 6 aromatic rings. The fourth-order valence-electron chi connectivity index (χ4n) is 7.88. The summed E-state index contributed by atoms with van der Waals surface area (Å²) in [7, 11) is 0. The molecule has 3 aliphatic rings. The third-order valence-electron chi connectivity index (χ3n) is 10.6. The van der Waals surface area contributed by atoms with Gasteiger partial charge in [-0.25, -0.2) is 0 Å². The first-order chi connectivity index (χ1) is 24.4. The summed E-state index contributed by atoms with van der Waals surface area (Å²) in [5.41, 5.74) is 19.0. The van der Waals surface area contributed by atoms with E-state index in [9.17, 15) is 0 Å². The van der Waals surface area contributed by atoms with Gasteiger partial charge in [0.25, 0.3) is 0 Å². The Morgan fingerprint density at radius 1 is 0.540 bits per heavy atom. The minimum atomic E-state index is 0.101. The number of allylic oxidation sites excluding steroid dienone is 6. The van der Waals surface area contributed by atoms with Crippen molar-refractivity contribution in [1.82, 2.24) is 9.97 Å². The molecule has 0 radical (unpaired) electrons. The third-order valence-corrected chi connectivity index (χ3v) is 10.6. The van der Waals surface area contributed by atoms with E-state index in [2.05, 4.69) is 164 Å². The molecule has 2 unspecified atom stereocenters. The Labute approximate surface area is 294 Å². The maximum absolute atomic E-state index is 4.59. The largest absolute Gasteiger partial charge is 0.265 e. The standard InChI is InChI=1S/C48H38N2/c1-48(2,3)40-28-38-19-21-41-43(35-13-11-32(12-14-35)31-7-9-33(10-8-31)34-23-26-49-27-24-34)30-44(42-22-20-39(29-40)46(38)47(41)42)36-15-17-37(18-16-36)45-6-4-5-25-50-45/h4-30,38,46H,1-3H3. The van der Waals surface area contributed by atoms with Gasteiger partial charge in [0.05, 0.1) is 5.69 Å². The molecule has 4 aromatic carbocycles. The average molecular weight is 643 g/mol. The predicted molar refractivity (Wildman–Crippen MR) is 209 cm³/mol. The predicted octanol–water partition coefficient (Wildman–Crippen LogP) is 12.5. The topological polar surface area (TPSA) is 25.8 Å². The van der Waals surface area contributed by atoms with Gasteiger partial charge in [0.1, 0.15) is 0 Å². The van der Waals surface area contributed by atoms with Crippen LogP contribution in [0.25, 0.3) is 67.9 Å². The number of pyridine rings is 2. The van der Waals surface area contributed by atoms with E-state index in [4.69, 9.17) is 0 Å². The van der Waals surface area contributed by atoms with Crippen LogP contribution in [0, 0.1) is 11.3 Å². The number of benzene rings is 4. The van der Waals surface area contributed by atoms with E-state index >= 15 is 0 Å². The van der Waals surface area contributed by atoms with Crippen molar-refractivity contribution in [2.45, 2.75) is 26.7 Å². The van der Waals surface area contributed by atoms with Gasteiger partial charge in [-0.3, -0.25) is 9.97 Å². The second kappa shape index (κ2) is 11.9. The Balaban J connectivity index is 1.15. The highest BCUT2D eigenvalue weighted by molar-refractivity contribution is 5.93. The highest BCUT2D eigenvalue weighted by atomic mass is 14.7. The summed E-state index contributed by atoms with van der Waals surface area (Å²) in [6, 6.07) is 39.5. The van der Waals surface area contributed by atoms with Gasteiger partial charge in [-0.05, 0) is 108 Å². The second-order valence-corrected chi connectivity index (χ2v) is 14.7. The van der Waals surface area contributed by atoms with Crippen molar-refractivity contribution in [1.29, 1.82) is 0 Å². The van der Waals surface area contributed by atoms with E-state index in [-0.39, 0.29) is 5.41 Å². The second-order valence-electron chi connectivity index (χ2n) is 14.7. The smallest absolute Gasteiger partial charge is 0.0701 e. The molecule has 50 heavy (non-hydrogen) atoms. The Kier molecular flexibility index (Phi) is 7.21. The zero-order valence-corrected chi connectivity index (χ0v) is 28.6. The lowest BCUT2D eigenvalue weighted by atomic mass is 9.64. The van der Waals surface area contributed by atoms with Crippen molar-refractivity contribution in [3.63, 3.8) is 0 Å². The minimum absolute atomic E-state index is 0.101. The van der Waals surface area contributed by atoms with Crippen LogP contribution in [0.2, 0.25) is 0 Å². The van der Waals surface area contributed by atoms with Crippen LogP contribution in [-0.2, 0) is 0 Å². The summed E-state index contributed by atoms with van der Waals surface area (Å²) < 4.78 is 0. The van der Waals surface area contributed by atoms with Crippen LogP contribution in [0.1, 0.15) is 43.4 Å². The molecule has 0 saturated heterocycles. The summed E-state index contributed by atoms with van der Waals surface area (Å²) in [6.07, 6.45) is 20.1. The van der Waals surface area contributed by atoms with E-state index < -0.39 is 0 Å². The number of hydrogen-bond acceptors (Lipinski definition) is 2. The molecular formula is C48H38N2. The lowest BCUT2D eigenvalue weighted by Crippen LogP contribution is -2.25. The van der Waals surface area contributed by atoms with Crippen molar-refractivity contribution in [2.75, 3.05) is 0 Å². The first-order valence-corrected chi connectivity index (χ1v) is 17.5. The van der Waals surface area contributed by atoms with E-state index in [1.807, 2.05) is 30.7 Å². The molecule has 3 aliphatic carbocycles. The Morgan fingerprint density at radius 3 is 1.68 bits per heavy atom. The molecule has 2 heteroatoms. The Bertz CT molecular complexity index is 2350. The van der Waals surface area contributed by atoms with Gasteiger partial charge < -0.3 is 0 Å². The normalized spacial score (nSPS) is 17.2. The van der Waals surface area contributed by atoms with Gasteiger partial charge in [0.15, 0.2) is 0 Å². The first-order valence-electron chi connectivity index (χ1n) is 17.5. The molecule has 0 aliphatic heterocycles. The molecule has 0 amide bonds. The first kappa shape index (κ1) is 30.2. The van der Waals surface area contributed by atoms with Crippen LogP contribution in [0.4, 0.5) is 0 Å². The van der Waals surface area contributed by atoms with Crippen LogP contribution in [-0.4, -0.2) is 9.97 Å². The molecule has 2 nitrogen and oxygen atoms in total. The van der Waals surface area contributed by atoms with Gasteiger partial charge in [-0.1, -0.05) is 136 Å². The molecule has 0 saturated carbocycles. The van der Waals surface area contributed by atoms with Gasteiger partial charge in [-0.2, -0.15) is 0 Å². The maximum Gasteiger partial charge on any atom is 0.0701 e. The van der Waals surface area contributed by atoms with Crippen LogP contribution in [0.15, 0.2) is 163 Å². The number of aromatic nitrogens is 2.